The summed E-state index contributed by atoms with van der Waals surface area (Å²) in [5.41, 5.74) is 2.27. The molecule has 0 radical (unpaired) electrons. The van der Waals surface area contributed by atoms with Crippen molar-refractivity contribution < 1.29 is 4.79 Å². The highest BCUT2D eigenvalue weighted by Gasteiger charge is 2.32. The summed E-state index contributed by atoms with van der Waals surface area (Å²) in [6.07, 6.45) is 3.59. The SMILES string of the molecule is O=C(c1ccccc1)N1CCCC[C@H]1c1nc2c(c(=O)[nH]1)CN(Cc1cccs1)CC2. The Kier molecular flexibility index (Phi) is 5.70. The average Bonchev–Trinajstić information content (AvgIpc) is 3.32. The first-order valence-electron chi connectivity index (χ1n) is 10.9. The second-order valence-corrected chi connectivity index (χ2v) is 9.32. The van der Waals surface area contributed by atoms with Crippen LogP contribution in [0.4, 0.5) is 0 Å². The van der Waals surface area contributed by atoms with Gasteiger partial charge in [-0.15, -0.1) is 11.3 Å². The van der Waals surface area contributed by atoms with Crippen molar-refractivity contribution in [2.75, 3.05) is 13.1 Å². The van der Waals surface area contributed by atoms with E-state index >= 15 is 0 Å². The van der Waals surface area contributed by atoms with Gasteiger partial charge in [0, 0.05) is 43.0 Å². The number of aromatic nitrogens is 2. The average molecular weight is 435 g/mol. The van der Waals surface area contributed by atoms with Gasteiger partial charge in [0.2, 0.25) is 0 Å². The molecule has 160 valence electrons. The van der Waals surface area contributed by atoms with Crippen molar-refractivity contribution in [1.29, 1.82) is 0 Å². The van der Waals surface area contributed by atoms with Crippen LogP contribution in [0, 0.1) is 0 Å². The lowest BCUT2D eigenvalue weighted by molar-refractivity contribution is 0.0598. The van der Waals surface area contributed by atoms with E-state index in [-0.39, 0.29) is 17.5 Å². The van der Waals surface area contributed by atoms with Crippen LogP contribution in [0.15, 0.2) is 52.6 Å². The third-order valence-corrected chi connectivity index (χ3v) is 7.09. The molecule has 3 aromatic rings. The molecule has 7 heteroatoms. The highest BCUT2D eigenvalue weighted by Crippen LogP contribution is 2.30. The van der Waals surface area contributed by atoms with Gasteiger partial charge in [-0.05, 0) is 42.8 Å². The van der Waals surface area contributed by atoms with Gasteiger partial charge in [0.25, 0.3) is 11.5 Å². The van der Waals surface area contributed by atoms with Gasteiger partial charge in [-0.1, -0.05) is 24.3 Å². The number of aromatic amines is 1. The van der Waals surface area contributed by atoms with E-state index in [9.17, 15) is 9.59 Å². The number of hydrogen-bond donors (Lipinski definition) is 1. The van der Waals surface area contributed by atoms with Crippen molar-refractivity contribution in [3.8, 4) is 0 Å². The smallest absolute Gasteiger partial charge is 0.255 e. The normalized spacial score (nSPS) is 19.2. The van der Waals surface area contributed by atoms with E-state index in [1.165, 1.54) is 4.88 Å². The van der Waals surface area contributed by atoms with E-state index in [2.05, 4.69) is 27.4 Å². The summed E-state index contributed by atoms with van der Waals surface area (Å²) < 4.78 is 0. The largest absolute Gasteiger partial charge is 0.328 e. The quantitative estimate of drug-likeness (QED) is 0.679. The van der Waals surface area contributed by atoms with Crippen LogP contribution in [0.1, 0.15) is 57.6 Å². The Labute approximate surface area is 185 Å². The van der Waals surface area contributed by atoms with E-state index in [0.29, 0.717) is 24.5 Å². The molecule has 0 aliphatic carbocycles. The molecule has 0 spiro atoms. The van der Waals surface area contributed by atoms with Crippen LogP contribution in [-0.4, -0.2) is 38.8 Å². The second-order valence-electron chi connectivity index (χ2n) is 8.29. The van der Waals surface area contributed by atoms with Crippen molar-refractivity contribution in [3.05, 3.63) is 85.7 Å². The molecule has 1 saturated heterocycles. The van der Waals surface area contributed by atoms with Crippen molar-refractivity contribution in [2.24, 2.45) is 0 Å². The topological polar surface area (TPSA) is 69.3 Å². The Morgan fingerprint density at radius 2 is 2.00 bits per heavy atom. The Balaban J connectivity index is 1.39. The lowest BCUT2D eigenvalue weighted by atomic mass is 9.99. The van der Waals surface area contributed by atoms with Crippen molar-refractivity contribution in [1.82, 2.24) is 19.8 Å². The summed E-state index contributed by atoms with van der Waals surface area (Å²) in [6.45, 7) is 3.05. The highest BCUT2D eigenvalue weighted by atomic mass is 32.1. The molecule has 2 aliphatic heterocycles. The third kappa shape index (κ3) is 4.20. The zero-order chi connectivity index (χ0) is 21.2. The summed E-state index contributed by atoms with van der Waals surface area (Å²) in [7, 11) is 0. The van der Waals surface area contributed by atoms with Gasteiger partial charge in [-0.3, -0.25) is 14.5 Å². The lowest BCUT2D eigenvalue weighted by Crippen LogP contribution is -2.41. The summed E-state index contributed by atoms with van der Waals surface area (Å²) in [6, 6.07) is 13.4. The number of carbonyl (C=O) groups is 1. The first-order valence-corrected chi connectivity index (χ1v) is 11.8. The maximum atomic E-state index is 13.2. The molecule has 31 heavy (non-hydrogen) atoms. The molecule has 2 aromatic heterocycles. The number of piperidine rings is 1. The minimum Gasteiger partial charge on any atom is -0.328 e. The maximum absolute atomic E-state index is 13.2. The lowest BCUT2D eigenvalue weighted by Gasteiger charge is -2.36. The number of thiophene rings is 1. The number of rotatable bonds is 4. The van der Waals surface area contributed by atoms with Gasteiger partial charge in [-0.2, -0.15) is 0 Å². The molecular weight excluding hydrogens is 408 g/mol. The maximum Gasteiger partial charge on any atom is 0.255 e. The molecule has 0 bridgehead atoms. The molecule has 0 unspecified atom stereocenters. The first-order chi connectivity index (χ1) is 15.2. The second kappa shape index (κ2) is 8.77. The van der Waals surface area contributed by atoms with E-state index in [0.717, 1.165) is 50.0 Å². The van der Waals surface area contributed by atoms with Gasteiger partial charge >= 0.3 is 0 Å². The van der Waals surface area contributed by atoms with Gasteiger partial charge in [0.1, 0.15) is 5.82 Å². The van der Waals surface area contributed by atoms with Crippen LogP contribution < -0.4 is 5.56 Å². The van der Waals surface area contributed by atoms with Crippen LogP contribution in [0.25, 0.3) is 0 Å². The number of nitrogens with zero attached hydrogens (tertiary/aromatic N) is 3. The number of hydrogen-bond acceptors (Lipinski definition) is 5. The third-order valence-electron chi connectivity index (χ3n) is 6.23. The molecule has 1 aromatic carbocycles. The monoisotopic (exact) mass is 434 g/mol. The fraction of sp³-hybridized carbons (Fsp3) is 0.375. The Morgan fingerprint density at radius 3 is 2.81 bits per heavy atom. The Morgan fingerprint density at radius 1 is 1.13 bits per heavy atom. The van der Waals surface area contributed by atoms with E-state index in [1.54, 1.807) is 11.3 Å². The van der Waals surface area contributed by atoms with E-state index in [4.69, 9.17) is 4.98 Å². The van der Waals surface area contributed by atoms with Crippen LogP contribution in [0.5, 0.6) is 0 Å². The van der Waals surface area contributed by atoms with Gasteiger partial charge in [0.15, 0.2) is 0 Å². The van der Waals surface area contributed by atoms with Crippen LogP contribution in [0.2, 0.25) is 0 Å². The van der Waals surface area contributed by atoms with Crippen molar-refractivity contribution in [3.63, 3.8) is 0 Å². The fourth-order valence-electron chi connectivity index (χ4n) is 4.62. The number of benzene rings is 1. The molecule has 4 heterocycles. The van der Waals surface area contributed by atoms with Crippen LogP contribution in [-0.2, 0) is 19.5 Å². The standard InChI is InChI=1S/C24H26N4O2S/c29-23-19-16-27(15-18-9-6-14-31-18)13-11-20(19)25-22(26-23)21-10-4-5-12-28(21)24(30)17-7-2-1-3-8-17/h1-3,6-9,14,21H,4-5,10-13,15-16H2,(H,25,26,29)/t21-/m0/s1. The predicted molar refractivity (Wildman–Crippen MR) is 121 cm³/mol. The minimum absolute atomic E-state index is 0.00722. The number of nitrogens with one attached hydrogen (secondary N) is 1. The first kappa shape index (κ1) is 20.2. The Bertz CT molecular complexity index is 1110. The van der Waals surface area contributed by atoms with E-state index in [1.807, 2.05) is 35.2 Å². The van der Waals surface area contributed by atoms with Gasteiger partial charge in [0.05, 0.1) is 17.3 Å². The highest BCUT2D eigenvalue weighted by molar-refractivity contribution is 7.09. The molecule has 1 N–H and O–H groups in total. The summed E-state index contributed by atoms with van der Waals surface area (Å²) >= 11 is 1.74. The van der Waals surface area contributed by atoms with Crippen molar-refractivity contribution in [2.45, 2.75) is 44.8 Å². The molecule has 1 fully saturated rings. The molecule has 1 amide bonds. The molecule has 0 saturated carbocycles. The molecule has 5 rings (SSSR count). The van der Waals surface area contributed by atoms with Crippen molar-refractivity contribution >= 4 is 17.2 Å². The summed E-state index contributed by atoms with van der Waals surface area (Å²) in [5.74, 6) is 0.646. The predicted octanol–water partition coefficient (Wildman–Crippen LogP) is 3.76. The molecule has 6 nitrogen and oxygen atoms in total. The summed E-state index contributed by atoms with van der Waals surface area (Å²) in [4.78, 5) is 39.6. The summed E-state index contributed by atoms with van der Waals surface area (Å²) in [5, 5.41) is 2.08. The number of carbonyl (C=O) groups excluding carboxylic acids is 1. The number of amides is 1. The number of H-pyrrole nitrogens is 1. The Hall–Kier alpha value is -2.77. The number of likely N-dealkylation sites (tertiary alicyclic amines) is 1. The minimum atomic E-state index is -0.177. The van der Waals surface area contributed by atoms with Crippen LogP contribution >= 0.6 is 11.3 Å². The fourth-order valence-corrected chi connectivity index (χ4v) is 5.37. The molecule has 1 atom stereocenters. The van der Waals surface area contributed by atoms with E-state index < -0.39 is 0 Å². The molecule has 2 aliphatic rings. The zero-order valence-electron chi connectivity index (χ0n) is 17.4. The van der Waals surface area contributed by atoms with Gasteiger partial charge in [-0.25, -0.2) is 4.98 Å². The van der Waals surface area contributed by atoms with Crippen LogP contribution in [0.3, 0.4) is 0 Å². The number of fused-ring (bicyclic) bond motifs is 1. The zero-order valence-corrected chi connectivity index (χ0v) is 18.2. The van der Waals surface area contributed by atoms with Gasteiger partial charge < -0.3 is 9.88 Å². The molecular formula is C24H26N4O2S.